The highest BCUT2D eigenvalue weighted by atomic mass is 16.1. The molecule has 118 valence electrons. The molecular formula is C17H19N5O. The van der Waals surface area contributed by atoms with Crippen LogP contribution in [0.4, 0.5) is 0 Å². The van der Waals surface area contributed by atoms with Crippen LogP contribution < -0.4 is 5.32 Å². The average molecular weight is 309 g/mol. The first-order valence-corrected chi connectivity index (χ1v) is 7.65. The van der Waals surface area contributed by atoms with Gasteiger partial charge in [0.1, 0.15) is 5.69 Å². The van der Waals surface area contributed by atoms with Gasteiger partial charge in [0, 0.05) is 25.0 Å². The highest BCUT2D eigenvalue weighted by Crippen LogP contribution is 2.18. The molecule has 0 fully saturated rings. The summed E-state index contributed by atoms with van der Waals surface area (Å²) >= 11 is 0. The number of aromatic nitrogens is 4. The lowest BCUT2D eigenvalue weighted by Gasteiger charge is -2.08. The van der Waals surface area contributed by atoms with Crippen LogP contribution >= 0.6 is 0 Å². The van der Waals surface area contributed by atoms with Gasteiger partial charge in [-0.05, 0) is 38.0 Å². The zero-order valence-electron chi connectivity index (χ0n) is 13.2. The van der Waals surface area contributed by atoms with E-state index in [2.05, 4.69) is 56.9 Å². The first-order valence-electron chi connectivity index (χ1n) is 7.65. The fourth-order valence-electron chi connectivity index (χ4n) is 2.47. The van der Waals surface area contributed by atoms with Crippen molar-refractivity contribution in [3.8, 4) is 0 Å². The first-order chi connectivity index (χ1) is 11.1. The average Bonchev–Trinajstić information content (AvgIpc) is 2.99. The molecule has 0 bridgehead atoms. The summed E-state index contributed by atoms with van der Waals surface area (Å²) in [4.78, 5) is 24.2. The fraction of sp³-hybridized carbons (Fsp3) is 0.294. The summed E-state index contributed by atoms with van der Waals surface area (Å²) in [6, 6.07) is 6.62. The summed E-state index contributed by atoms with van der Waals surface area (Å²) in [7, 11) is 0. The number of fused-ring (bicyclic) bond motifs is 1. The van der Waals surface area contributed by atoms with Crippen LogP contribution in [-0.2, 0) is 6.42 Å². The van der Waals surface area contributed by atoms with E-state index in [0.717, 1.165) is 23.0 Å². The Morgan fingerprint density at radius 3 is 2.87 bits per heavy atom. The van der Waals surface area contributed by atoms with E-state index in [1.165, 1.54) is 12.4 Å². The monoisotopic (exact) mass is 309 g/mol. The minimum atomic E-state index is -0.205. The van der Waals surface area contributed by atoms with Gasteiger partial charge in [0.05, 0.1) is 23.6 Å². The number of benzene rings is 1. The van der Waals surface area contributed by atoms with Gasteiger partial charge >= 0.3 is 0 Å². The van der Waals surface area contributed by atoms with E-state index in [1.807, 2.05) is 6.33 Å². The molecule has 6 nitrogen and oxygen atoms in total. The molecule has 0 aliphatic heterocycles. The maximum Gasteiger partial charge on any atom is 0.271 e. The van der Waals surface area contributed by atoms with Crippen LogP contribution in [0, 0.1) is 0 Å². The Balaban J connectivity index is 1.62. The molecule has 0 aliphatic rings. The van der Waals surface area contributed by atoms with Crippen molar-refractivity contribution in [1.82, 2.24) is 24.8 Å². The maximum atomic E-state index is 11.9. The molecule has 0 radical (unpaired) electrons. The molecule has 1 aromatic carbocycles. The summed E-state index contributed by atoms with van der Waals surface area (Å²) in [5.41, 5.74) is 3.59. The molecule has 23 heavy (non-hydrogen) atoms. The topological polar surface area (TPSA) is 72.7 Å². The lowest BCUT2D eigenvalue weighted by Crippen LogP contribution is -2.26. The minimum absolute atomic E-state index is 0.205. The van der Waals surface area contributed by atoms with Gasteiger partial charge in [-0.2, -0.15) is 0 Å². The normalized spacial score (nSPS) is 11.1. The third-order valence-corrected chi connectivity index (χ3v) is 3.69. The molecule has 0 saturated heterocycles. The Labute approximate surface area is 134 Å². The molecule has 0 atom stereocenters. The van der Waals surface area contributed by atoms with Crippen LogP contribution in [0.15, 0.2) is 43.1 Å². The third-order valence-electron chi connectivity index (χ3n) is 3.69. The van der Waals surface area contributed by atoms with Crippen LogP contribution in [0.1, 0.15) is 35.9 Å². The van der Waals surface area contributed by atoms with E-state index in [1.54, 1.807) is 6.20 Å². The zero-order valence-corrected chi connectivity index (χ0v) is 13.2. The van der Waals surface area contributed by atoms with Gasteiger partial charge in [0.15, 0.2) is 0 Å². The molecule has 0 spiro atoms. The Morgan fingerprint density at radius 1 is 1.26 bits per heavy atom. The van der Waals surface area contributed by atoms with E-state index < -0.39 is 0 Å². The van der Waals surface area contributed by atoms with Crippen molar-refractivity contribution in [3.63, 3.8) is 0 Å². The van der Waals surface area contributed by atoms with Gasteiger partial charge in [0.2, 0.25) is 0 Å². The van der Waals surface area contributed by atoms with Crippen LogP contribution in [-0.4, -0.2) is 32.0 Å². The highest BCUT2D eigenvalue weighted by Gasteiger charge is 2.08. The van der Waals surface area contributed by atoms with E-state index in [9.17, 15) is 4.79 Å². The van der Waals surface area contributed by atoms with Crippen molar-refractivity contribution in [1.29, 1.82) is 0 Å². The molecule has 6 heteroatoms. The number of rotatable bonds is 5. The van der Waals surface area contributed by atoms with E-state index in [4.69, 9.17) is 0 Å². The fourth-order valence-corrected chi connectivity index (χ4v) is 2.47. The van der Waals surface area contributed by atoms with Crippen molar-refractivity contribution < 1.29 is 4.79 Å². The SMILES string of the molecule is CC(C)n1cnc2cc(CCNC(=O)c3cnccn3)ccc21. The lowest BCUT2D eigenvalue weighted by atomic mass is 10.1. The van der Waals surface area contributed by atoms with Crippen LogP contribution in [0.5, 0.6) is 0 Å². The van der Waals surface area contributed by atoms with Crippen molar-refractivity contribution >= 4 is 16.9 Å². The smallest absolute Gasteiger partial charge is 0.271 e. The number of imidazole rings is 1. The van der Waals surface area contributed by atoms with E-state index in [-0.39, 0.29) is 5.91 Å². The maximum absolute atomic E-state index is 11.9. The number of carbonyl (C=O) groups is 1. The van der Waals surface area contributed by atoms with Crippen molar-refractivity contribution in [2.45, 2.75) is 26.3 Å². The molecule has 2 heterocycles. The van der Waals surface area contributed by atoms with Gasteiger partial charge in [-0.15, -0.1) is 0 Å². The molecule has 0 saturated carbocycles. The van der Waals surface area contributed by atoms with Crippen LogP contribution in [0.3, 0.4) is 0 Å². The minimum Gasteiger partial charge on any atom is -0.350 e. The van der Waals surface area contributed by atoms with Crippen molar-refractivity contribution in [2.75, 3.05) is 6.54 Å². The quantitative estimate of drug-likeness (QED) is 0.785. The molecule has 0 aliphatic carbocycles. The second-order valence-electron chi connectivity index (χ2n) is 5.67. The highest BCUT2D eigenvalue weighted by molar-refractivity contribution is 5.91. The summed E-state index contributed by atoms with van der Waals surface area (Å²) in [6.07, 6.45) is 7.13. The summed E-state index contributed by atoms with van der Waals surface area (Å²) in [5.74, 6) is -0.205. The summed E-state index contributed by atoms with van der Waals surface area (Å²) in [6.45, 7) is 4.82. The second-order valence-corrected chi connectivity index (χ2v) is 5.67. The van der Waals surface area contributed by atoms with E-state index in [0.29, 0.717) is 18.3 Å². The Kier molecular flexibility index (Phi) is 4.32. The number of nitrogens with zero attached hydrogens (tertiary/aromatic N) is 4. The van der Waals surface area contributed by atoms with E-state index >= 15 is 0 Å². The number of amides is 1. The zero-order chi connectivity index (χ0) is 16.2. The molecule has 1 amide bonds. The van der Waals surface area contributed by atoms with Gasteiger partial charge < -0.3 is 9.88 Å². The Morgan fingerprint density at radius 2 is 2.13 bits per heavy atom. The molecular weight excluding hydrogens is 290 g/mol. The van der Waals surface area contributed by atoms with Crippen molar-refractivity contribution in [3.05, 3.63) is 54.4 Å². The molecule has 1 N–H and O–H groups in total. The number of hydrogen-bond acceptors (Lipinski definition) is 4. The Bertz CT molecular complexity index is 810. The molecule has 3 rings (SSSR count). The predicted molar refractivity (Wildman–Crippen MR) is 88.2 cm³/mol. The Hall–Kier alpha value is -2.76. The summed E-state index contributed by atoms with van der Waals surface area (Å²) in [5, 5.41) is 2.85. The second kappa shape index (κ2) is 6.56. The van der Waals surface area contributed by atoms with Gasteiger partial charge in [-0.25, -0.2) is 9.97 Å². The van der Waals surface area contributed by atoms with Crippen LogP contribution in [0.2, 0.25) is 0 Å². The molecule has 0 unspecified atom stereocenters. The first kappa shape index (κ1) is 15.1. The largest absolute Gasteiger partial charge is 0.350 e. The number of hydrogen-bond donors (Lipinski definition) is 1. The van der Waals surface area contributed by atoms with Crippen molar-refractivity contribution in [2.24, 2.45) is 0 Å². The summed E-state index contributed by atoms with van der Waals surface area (Å²) < 4.78 is 2.15. The lowest BCUT2D eigenvalue weighted by molar-refractivity contribution is 0.0948. The molecule has 2 aromatic heterocycles. The molecule has 3 aromatic rings. The van der Waals surface area contributed by atoms with Gasteiger partial charge in [-0.1, -0.05) is 6.07 Å². The standard InChI is InChI=1S/C17H19N5O/c1-12(2)22-11-21-14-9-13(3-4-16(14)22)5-6-20-17(23)15-10-18-7-8-19-15/h3-4,7-12H,5-6H2,1-2H3,(H,20,23). The van der Waals surface area contributed by atoms with Gasteiger partial charge in [0.25, 0.3) is 5.91 Å². The number of nitrogens with one attached hydrogen (secondary N) is 1. The third kappa shape index (κ3) is 3.36. The number of carbonyl (C=O) groups excluding carboxylic acids is 1. The van der Waals surface area contributed by atoms with Gasteiger partial charge in [-0.3, -0.25) is 9.78 Å². The van der Waals surface area contributed by atoms with Crippen LogP contribution in [0.25, 0.3) is 11.0 Å². The predicted octanol–water partition coefficient (Wildman–Crippen LogP) is 2.38.